The highest BCUT2D eigenvalue weighted by Gasteiger charge is 2.17. The lowest BCUT2D eigenvalue weighted by Crippen LogP contribution is -2.44. The first-order chi connectivity index (χ1) is 19.2. The summed E-state index contributed by atoms with van der Waals surface area (Å²) in [6, 6.07) is 9.12. The number of likely N-dealkylation sites (N-methyl/N-ethyl adjacent to an activating group) is 1. The van der Waals surface area contributed by atoms with Gasteiger partial charge in [0.25, 0.3) is 0 Å². The van der Waals surface area contributed by atoms with Gasteiger partial charge in [-0.05, 0) is 25.6 Å². The lowest BCUT2D eigenvalue weighted by Gasteiger charge is -2.32. The van der Waals surface area contributed by atoms with Crippen LogP contribution in [0.5, 0.6) is 17.2 Å². The average molecular weight is 590 g/mol. The van der Waals surface area contributed by atoms with E-state index in [0.717, 1.165) is 39.1 Å². The molecule has 0 aliphatic carbocycles. The van der Waals surface area contributed by atoms with Crippen LogP contribution in [0.2, 0.25) is 10.0 Å². The van der Waals surface area contributed by atoms with Gasteiger partial charge in [-0.2, -0.15) is 5.26 Å². The molecule has 1 N–H and O–H groups in total. The fraction of sp³-hybridized carbons (Fsp3) is 0.448. The zero-order chi connectivity index (χ0) is 29.2. The highest BCUT2D eigenvalue weighted by Crippen LogP contribution is 2.40. The van der Waals surface area contributed by atoms with Crippen LogP contribution < -0.4 is 24.6 Å². The number of nitrogens with one attached hydrogen (secondary N) is 1. The second-order valence-electron chi connectivity index (χ2n) is 9.67. The van der Waals surface area contributed by atoms with Crippen LogP contribution >= 0.6 is 23.2 Å². The number of anilines is 2. The van der Waals surface area contributed by atoms with Crippen LogP contribution in [0.1, 0.15) is 25.8 Å². The Morgan fingerprint density at radius 1 is 1.02 bits per heavy atom. The molecular formula is C29H36Cl2N5O4-. The zero-order valence-corrected chi connectivity index (χ0v) is 25.1. The van der Waals surface area contributed by atoms with Crippen molar-refractivity contribution in [3.8, 4) is 23.3 Å². The van der Waals surface area contributed by atoms with Crippen molar-refractivity contribution in [3.63, 3.8) is 0 Å². The van der Waals surface area contributed by atoms with E-state index in [4.69, 9.17) is 37.4 Å². The van der Waals surface area contributed by atoms with E-state index >= 15 is 0 Å². The maximum absolute atomic E-state index is 9.75. The Morgan fingerprint density at radius 3 is 2.33 bits per heavy atom. The van der Waals surface area contributed by atoms with Gasteiger partial charge in [0, 0.05) is 56.4 Å². The first-order valence-electron chi connectivity index (χ1n) is 13.1. The summed E-state index contributed by atoms with van der Waals surface area (Å²) in [7, 11) is 5.27. The van der Waals surface area contributed by atoms with Gasteiger partial charge >= 0.3 is 0 Å². The summed E-state index contributed by atoms with van der Waals surface area (Å²) in [5.74, 6) is 1.63. The maximum Gasteiger partial charge on any atom is 0.163 e. The molecule has 2 heterocycles. The molecule has 4 rings (SSSR count). The van der Waals surface area contributed by atoms with Gasteiger partial charge in [-0.1, -0.05) is 37.0 Å². The maximum atomic E-state index is 9.75. The van der Waals surface area contributed by atoms with E-state index in [1.807, 2.05) is 12.1 Å². The zero-order valence-electron chi connectivity index (χ0n) is 23.6. The Hall–Kier alpha value is -3.00. The number of hydrogen-bond acceptors (Lipinski definition) is 9. The molecule has 0 spiro atoms. The van der Waals surface area contributed by atoms with Gasteiger partial charge in [-0.15, -0.1) is 6.10 Å². The van der Waals surface area contributed by atoms with Gasteiger partial charge in [-0.3, -0.25) is 4.98 Å². The molecule has 2 aromatic carbocycles. The molecule has 1 fully saturated rings. The highest BCUT2D eigenvalue weighted by atomic mass is 35.5. The van der Waals surface area contributed by atoms with E-state index in [-0.39, 0.29) is 0 Å². The topological polar surface area (TPSA) is 106 Å². The number of fused-ring (bicyclic) bond motifs is 1. The molecule has 1 aliphatic rings. The molecule has 0 saturated carbocycles. The molecule has 1 saturated heterocycles. The standard InChI is InChI=1S/C26H29Cl2N5O3.C3H7O/c1-32-6-8-33(9-7-32)5-4-10-36-25-13-21-18(11-24(25)35-3)26(17(15-29)16-30-21)31-22-14-23(34-2)20(28)12-19(22)27;1-3(2)4/h11-14,16H,4-10H2,1-3H3,(H,30,31);3H,1-2H3/q;-1. The molecule has 0 bridgehead atoms. The van der Waals surface area contributed by atoms with Crippen molar-refractivity contribution in [2.45, 2.75) is 26.4 Å². The summed E-state index contributed by atoms with van der Waals surface area (Å²) < 4.78 is 17.0. The van der Waals surface area contributed by atoms with Crippen molar-refractivity contribution in [2.24, 2.45) is 0 Å². The summed E-state index contributed by atoms with van der Waals surface area (Å²) >= 11 is 12.6. The van der Waals surface area contributed by atoms with E-state index in [1.54, 1.807) is 33.1 Å². The van der Waals surface area contributed by atoms with E-state index in [2.05, 4.69) is 33.2 Å². The van der Waals surface area contributed by atoms with E-state index in [0.29, 0.717) is 61.7 Å². The summed E-state index contributed by atoms with van der Waals surface area (Å²) in [6.07, 6.45) is 2.02. The van der Waals surface area contributed by atoms with Crippen molar-refractivity contribution < 1.29 is 19.3 Å². The van der Waals surface area contributed by atoms with Gasteiger partial charge in [0.1, 0.15) is 11.8 Å². The van der Waals surface area contributed by atoms with E-state index in [9.17, 15) is 10.4 Å². The van der Waals surface area contributed by atoms with Crippen molar-refractivity contribution in [3.05, 3.63) is 46.1 Å². The minimum Gasteiger partial charge on any atom is -0.852 e. The number of hydrogen-bond donors (Lipinski definition) is 1. The molecule has 11 heteroatoms. The Labute approximate surface area is 246 Å². The third-order valence-corrected chi connectivity index (χ3v) is 6.86. The molecule has 1 aliphatic heterocycles. The highest BCUT2D eigenvalue weighted by molar-refractivity contribution is 6.37. The fourth-order valence-corrected chi connectivity index (χ4v) is 4.66. The van der Waals surface area contributed by atoms with E-state index < -0.39 is 6.10 Å². The summed E-state index contributed by atoms with van der Waals surface area (Å²) in [4.78, 5) is 9.28. The Balaban J connectivity index is 0.00000103. The lowest BCUT2D eigenvalue weighted by atomic mass is 10.1. The van der Waals surface area contributed by atoms with Crippen LogP contribution in [0.3, 0.4) is 0 Å². The molecule has 1 aromatic heterocycles. The predicted molar refractivity (Wildman–Crippen MR) is 158 cm³/mol. The van der Waals surface area contributed by atoms with Crippen molar-refractivity contribution >= 4 is 45.5 Å². The molecule has 9 nitrogen and oxygen atoms in total. The molecule has 0 amide bonds. The number of piperazine rings is 1. The Morgan fingerprint density at radius 2 is 1.70 bits per heavy atom. The number of benzene rings is 2. The second-order valence-corrected chi connectivity index (χ2v) is 10.5. The number of rotatable bonds is 9. The predicted octanol–water partition coefficient (Wildman–Crippen LogP) is 4.95. The van der Waals surface area contributed by atoms with Crippen LogP contribution in [0.25, 0.3) is 10.9 Å². The molecular weight excluding hydrogens is 553 g/mol. The first-order valence-corrected chi connectivity index (χ1v) is 13.8. The molecule has 0 atom stereocenters. The van der Waals surface area contributed by atoms with Crippen LogP contribution in [-0.2, 0) is 0 Å². The Kier molecular flexibility index (Phi) is 11.9. The SMILES string of the molecule is CC(C)[O-].COc1cc(Nc2c(C#N)cnc3cc(OCCCN4CCN(C)CC4)c(OC)cc23)c(Cl)cc1Cl. The van der Waals surface area contributed by atoms with Crippen molar-refractivity contribution in [1.29, 1.82) is 5.26 Å². The monoisotopic (exact) mass is 588 g/mol. The molecule has 40 heavy (non-hydrogen) atoms. The largest absolute Gasteiger partial charge is 0.852 e. The number of pyridine rings is 1. The van der Waals surface area contributed by atoms with Gasteiger partial charge in [0.15, 0.2) is 11.5 Å². The number of methoxy groups -OCH3 is 2. The molecule has 3 aromatic rings. The van der Waals surface area contributed by atoms with Crippen molar-refractivity contribution in [2.75, 3.05) is 65.9 Å². The van der Waals surface area contributed by atoms with Crippen LogP contribution in [0.15, 0.2) is 30.5 Å². The number of nitrogens with zero attached hydrogens (tertiary/aromatic N) is 4. The number of ether oxygens (including phenoxy) is 3. The third kappa shape index (κ3) is 8.50. The number of halogens is 2. The average Bonchev–Trinajstić information content (AvgIpc) is 2.92. The summed E-state index contributed by atoms with van der Waals surface area (Å²) in [6.45, 7) is 9.14. The minimum atomic E-state index is -0.417. The molecule has 0 radical (unpaired) electrons. The Bertz CT molecular complexity index is 1320. The quantitative estimate of drug-likeness (QED) is 0.347. The molecule has 216 valence electrons. The summed E-state index contributed by atoms with van der Waals surface area (Å²) in [5.41, 5.74) is 2.11. The van der Waals surface area contributed by atoms with Gasteiger partial charge < -0.3 is 34.4 Å². The van der Waals surface area contributed by atoms with Gasteiger partial charge in [-0.25, -0.2) is 0 Å². The van der Waals surface area contributed by atoms with Gasteiger partial charge in [0.2, 0.25) is 0 Å². The van der Waals surface area contributed by atoms with Crippen molar-refractivity contribution in [1.82, 2.24) is 14.8 Å². The summed E-state index contributed by atoms with van der Waals surface area (Å²) in [5, 5.41) is 24.0. The second kappa shape index (κ2) is 15.1. The minimum absolute atomic E-state index is 0.357. The molecule has 0 unspecified atom stereocenters. The number of nitriles is 1. The van der Waals surface area contributed by atoms with Crippen LogP contribution in [-0.4, -0.2) is 81.5 Å². The fourth-order valence-electron chi connectivity index (χ4n) is 4.15. The van der Waals surface area contributed by atoms with Crippen LogP contribution in [0.4, 0.5) is 11.4 Å². The smallest absolute Gasteiger partial charge is 0.163 e. The first kappa shape index (κ1) is 31.5. The van der Waals surface area contributed by atoms with Crippen LogP contribution in [0, 0.1) is 11.3 Å². The third-order valence-electron chi connectivity index (χ3n) is 6.25. The lowest BCUT2D eigenvalue weighted by molar-refractivity contribution is -0.407. The normalized spacial score (nSPS) is 13.9. The number of aromatic nitrogens is 1. The van der Waals surface area contributed by atoms with E-state index in [1.165, 1.54) is 13.3 Å². The van der Waals surface area contributed by atoms with Gasteiger partial charge in [0.05, 0.1) is 53.3 Å².